The van der Waals surface area contributed by atoms with E-state index < -0.39 is 12.0 Å². The third-order valence-corrected chi connectivity index (χ3v) is 5.20. The zero-order valence-corrected chi connectivity index (χ0v) is 15.8. The summed E-state index contributed by atoms with van der Waals surface area (Å²) in [5, 5.41) is 3.16. The average Bonchev–Trinajstić information content (AvgIpc) is 3.19. The maximum absolute atomic E-state index is 14.5. The Hall–Kier alpha value is -1.96. The Balaban J connectivity index is 1.68. The monoisotopic (exact) mass is 383 g/mol. The van der Waals surface area contributed by atoms with Crippen molar-refractivity contribution in [2.24, 2.45) is 0 Å². The van der Waals surface area contributed by atoms with Crippen molar-refractivity contribution in [1.82, 2.24) is 15.2 Å². The lowest BCUT2D eigenvalue weighted by Gasteiger charge is -2.25. The zero-order chi connectivity index (χ0) is 19.4. The van der Waals surface area contributed by atoms with Gasteiger partial charge in [0.1, 0.15) is 12.3 Å². The quantitative estimate of drug-likeness (QED) is 0.818. The smallest absolute Gasteiger partial charge is 0.254 e. The lowest BCUT2D eigenvalue weighted by molar-refractivity contribution is -0.132. The van der Waals surface area contributed by atoms with Gasteiger partial charge in [0, 0.05) is 12.6 Å². The van der Waals surface area contributed by atoms with Crippen LogP contribution < -0.4 is 14.8 Å². The summed E-state index contributed by atoms with van der Waals surface area (Å²) < 4.78 is 38.7. The zero-order valence-electron chi connectivity index (χ0n) is 15.8. The Labute approximate surface area is 158 Å². The third-order valence-electron chi connectivity index (χ3n) is 5.20. The molecule has 150 valence electrons. The van der Waals surface area contributed by atoms with E-state index >= 15 is 0 Å². The lowest BCUT2D eigenvalue weighted by atomic mass is 9.96. The SMILES string of the molecule is COc1nc(OC2CCC(F)CC2)c(F)cc1CN(C)C(=O)[C@@H]1CCCN1. The van der Waals surface area contributed by atoms with Gasteiger partial charge >= 0.3 is 0 Å². The molecular weight excluding hydrogens is 356 g/mol. The van der Waals surface area contributed by atoms with Crippen molar-refractivity contribution in [3.63, 3.8) is 0 Å². The summed E-state index contributed by atoms with van der Waals surface area (Å²) in [7, 11) is 3.13. The average molecular weight is 383 g/mol. The molecule has 0 unspecified atom stereocenters. The number of nitrogens with one attached hydrogen (secondary N) is 1. The molecule has 0 bridgehead atoms. The van der Waals surface area contributed by atoms with Crippen LogP contribution in [0.3, 0.4) is 0 Å². The molecule has 1 aliphatic carbocycles. The minimum absolute atomic E-state index is 0.0294. The molecule has 1 saturated heterocycles. The summed E-state index contributed by atoms with van der Waals surface area (Å²) in [4.78, 5) is 18.1. The van der Waals surface area contributed by atoms with E-state index in [0.29, 0.717) is 31.2 Å². The molecular formula is C19H27F2N3O3. The molecule has 1 saturated carbocycles. The van der Waals surface area contributed by atoms with E-state index in [1.807, 2.05) is 0 Å². The van der Waals surface area contributed by atoms with Gasteiger partial charge in [0.15, 0.2) is 5.82 Å². The van der Waals surface area contributed by atoms with Crippen molar-refractivity contribution in [2.75, 3.05) is 20.7 Å². The molecule has 0 aromatic carbocycles. The molecule has 2 aliphatic rings. The van der Waals surface area contributed by atoms with Crippen molar-refractivity contribution in [3.05, 3.63) is 17.4 Å². The molecule has 1 atom stereocenters. The molecule has 8 heteroatoms. The second-order valence-corrected chi connectivity index (χ2v) is 7.28. The second-order valence-electron chi connectivity index (χ2n) is 7.28. The van der Waals surface area contributed by atoms with Crippen molar-refractivity contribution in [1.29, 1.82) is 0 Å². The van der Waals surface area contributed by atoms with Gasteiger partial charge in [-0.25, -0.2) is 8.78 Å². The number of rotatable bonds is 6. The van der Waals surface area contributed by atoms with Gasteiger partial charge in [0.05, 0.1) is 19.7 Å². The summed E-state index contributed by atoms with van der Waals surface area (Å²) >= 11 is 0. The number of methoxy groups -OCH3 is 1. The van der Waals surface area contributed by atoms with Crippen LogP contribution in [-0.4, -0.2) is 54.8 Å². The number of hydrogen-bond acceptors (Lipinski definition) is 5. The standard InChI is InChI=1S/C19H27F2N3O3/c1-24(19(25)16-4-3-9-22-16)11-12-10-15(21)18(23-17(12)26-2)27-14-7-5-13(20)6-8-14/h10,13-14,16,22H,3-9,11H2,1-2H3/t13?,14?,16-/m0/s1. The molecule has 0 radical (unpaired) electrons. The molecule has 1 N–H and O–H groups in total. The number of hydrogen-bond donors (Lipinski definition) is 1. The van der Waals surface area contributed by atoms with Crippen LogP contribution in [0.25, 0.3) is 0 Å². The Bertz CT molecular complexity index is 660. The fourth-order valence-corrected chi connectivity index (χ4v) is 3.66. The van der Waals surface area contributed by atoms with E-state index in [0.717, 1.165) is 19.4 Å². The number of halogens is 2. The molecule has 1 aromatic heterocycles. The summed E-state index contributed by atoms with van der Waals surface area (Å²) in [6, 6.07) is 1.11. The van der Waals surface area contributed by atoms with Gasteiger partial charge in [-0.3, -0.25) is 4.79 Å². The Morgan fingerprint density at radius 3 is 2.67 bits per heavy atom. The van der Waals surface area contributed by atoms with E-state index in [1.165, 1.54) is 13.2 Å². The summed E-state index contributed by atoms with van der Waals surface area (Å²) in [6.45, 7) is 1.03. The number of aromatic nitrogens is 1. The number of pyridine rings is 1. The van der Waals surface area contributed by atoms with Gasteiger partial charge < -0.3 is 19.7 Å². The number of carbonyl (C=O) groups is 1. The second kappa shape index (κ2) is 8.82. The number of likely N-dealkylation sites (N-methyl/N-ethyl adjacent to an activating group) is 1. The highest BCUT2D eigenvalue weighted by Gasteiger charge is 2.27. The van der Waals surface area contributed by atoms with Crippen LogP contribution in [0.15, 0.2) is 6.07 Å². The molecule has 2 fully saturated rings. The minimum Gasteiger partial charge on any atom is -0.481 e. The molecule has 1 aromatic rings. The summed E-state index contributed by atoms with van der Waals surface area (Å²) in [5.74, 6) is -0.541. The number of amides is 1. The number of ether oxygens (including phenoxy) is 2. The first-order valence-corrected chi connectivity index (χ1v) is 9.50. The highest BCUT2D eigenvalue weighted by atomic mass is 19.1. The minimum atomic E-state index is -0.804. The molecule has 1 amide bonds. The van der Waals surface area contributed by atoms with Gasteiger partial charge in [0.25, 0.3) is 5.88 Å². The normalized spacial score (nSPS) is 25.3. The predicted molar refractivity (Wildman–Crippen MR) is 96.0 cm³/mol. The van der Waals surface area contributed by atoms with E-state index in [-0.39, 0.29) is 36.4 Å². The van der Waals surface area contributed by atoms with Gasteiger partial charge in [-0.1, -0.05) is 0 Å². The summed E-state index contributed by atoms with van der Waals surface area (Å²) in [5.41, 5.74) is 0.476. The number of alkyl halides is 1. The fourth-order valence-electron chi connectivity index (χ4n) is 3.66. The van der Waals surface area contributed by atoms with Crippen molar-refractivity contribution in [3.8, 4) is 11.8 Å². The number of carbonyl (C=O) groups excluding carboxylic acids is 1. The van der Waals surface area contributed by atoms with Crippen molar-refractivity contribution < 1.29 is 23.0 Å². The highest BCUT2D eigenvalue weighted by molar-refractivity contribution is 5.82. The maximum Gasteiger partial charge on any atom is 0.254 e. The molecule has 2 heterocycles. The highest BCUT2D eigenvalue weighted by Crippen LogP contribution is 2.29. The van der Waals surface area contributed by atoms with Crippen LogP contribution in [0.5, 0.6) is 11.8 Å². The molecule has 1 aliphatic heterocycles. The van der Waals surface area contributed by atoms with Crippen LogP contribution in [0.4, 0.5) is 8.78 Å². The Kier molecular flexibility index (Phi) is 6.46. The van der Waals surface area contributed by atoms with Crippen molar-refractivity contribution in [2.45, 2.75) is 63.4 Å². The maximum atomic E-state index is 14.5. The first-order chi connectivity index (χ1) is 13.0. The van der Waals surface area contributed by atoms with Crippen LogP contribution in [-0.2, 0) is 11.3 Å². The van der Waals surface area contributed by atoms with E-state index in [9.17, 15) is 13.6 Å². The van der Waals surface area contributed by atoms with Crippen LogP contribution in [0.1, 0.15) is 44.1 Å². The molecule has 0 spiro atoms. The Morgan fingerprint density at radius 2 is 2.04 bits per heavy atom. The topological polar surface area (TPSA) is 63.7 Å². The van der Waals surface area contributed by atoms with Gasteiger partial charge in [-0.15, -0.1) is 0 Å². The van der Waals surface area contributed by atoms with Crippen LogP contribution in [0, 0.1) is 5.82 Å². The van der Waals surface area contributed by atoms with Gasteiger partial charge in [-0.05, 0) is 51.1 Å². The third kappa shape index (κ3) is 4.86. The fraction of sp³-hybridized carbons (Fsp3) is 0.684. The first kappa shape index (κ1) is 19.8. The first-order valence-electron chi connectivity index (χ1n) is 9.50. The van der Waals surface area contributed by atoms with Gasteiger partial charge in [0.2, 0.25) is 11.8 Å². The van der Waals surface area contributed by atoms with E-state index in [1.54, 1.807) is 11.9 Å². The molecule has 6 nitrogen and oxygen atoms in total. The van der Waals surface area contributed by atoms with E-state index in [2.05, 4.69) is 10.3 Å². The predicted octanol–water partition coefficient (Wildman–Crippen LogP) is 2.60. The largest absolute Gasteiger partial charge is 0.481 e. The van der Waals surface area contributed by atoms with Gasteiger partial charge in [-0.2, -0.15) is 4.98 Å². The van der Waals surface area contributed by atoms with Crippen LogP contribution >= 0.6 is 0 Å². The van der Waals surface area contributed by atoms with E-state index in [4.69, 9.17) is 9.47 Å². The van der Waals surface area contributed by atoms with Crippen LogP contribution in [0.2, 0.25) is 0 Å². The summed E-state index contributed by atoms with van der Waals surface area (Å²) in [6.07, 6.45) is 2.65. The molecule has 3 rings (SSSR count). The number of nitrogens with zero attached hydrogens (tertiary/aromatic N) is 2. The molecule has 27 heavy (non-hydrogen) atoms. The van der Waals surface area contributed by atoms with Crippen molar-refractivity contribution >= 4 is 5.91 Å². The Morgan fingerprint density at radius 1 is 1.30 bits per heavy atom. The lowest BCUT2D eigenvalue weighted by Crippen LogP contribution is -2.41.